The molecule has 2 aromatic heterocycles. The number of rotatable bonds is 5. The summed E-state index contributed by atoms with van der Waals surface area (Å²) in [6, 6.07) is 2.73. The van der Waals surface area contributed by atoms with E-state index in [-0.39, 0.29) is 22.1 Å². The van der Waals surface area contributed by atoms with Crippen molar-refractivity contribution in [1.29, 1.82) is 0 Å². The molecular formula is C11H10ClNO5S2. The second-order valence-electron chi connectivity index (χ2n) is 3.95. The van der Waals surface area contributed by atoms with Crippen LogP contribution in [0.25, 0.3) is 0 Å². The zero-order chi connectivity index (χ0) is 14.9. The molecule has 0 fully saturated rings. The molecule has 0 aliphatic rings. The van der Waals surface area contributed by atoms with E-state index in [9.17, 15) is 13.2 Å². The first-order valence-electron chi connectivity index (χ1n) is 5.36. The molecule has 6 nitrogen and oxygen atoms in total. The van der Waals surface area contributed by atoms with Crippen LogP contribution in [0.2, 0.25) is 4.34 Å². The molecule has 2 heterocycles. The van der Waals surface area contributed by atoms with Gasteiger partial charge < -0.3 is 9.52 Å². The summed E-state index contributed by atoms with van der Waals surface area (Å²) < 4.78 is 31.8. The summed E-state index contributed by atoms with van der Waals surface area (Å²) >= 11 is 6.79. The van der Waals surface area contributed by atoms with Crippen LogP contribution in [0.4, 0.5) is 0 Å². The molecule has 0 saturated heterocycles. The topological polar surface area (TPSA) is 96.6 Å². The average molecular weight is 336 g/mol. The smallest absolute Gasteiger partial charge is 0.338 e. The number of hydrogen-bond acceptors (Lipinski definition) is 5. The fraction of sp³-hybridized carbons (Fsp3) is 0.182. The Hall–Kier alpha value is -1.35. The minimum absolute atomic E-state index is 0.0331. The molecular weight excluding hydrogens is 326 g/mol. The maximum atomic E-state index is 12.0. The van der Waals surface area contributed by atoms with Crippen LogP contribution in [-0.2, 0) is 16.6 Å². The lowest BCUT2D eigenvalue weighted by Gasteiger charge is -2.01. The van der Waals surface area contributed by atoms with Crippen LogP contribution in [0.1, 0.15) is 21.7 Å². The first-order valence-corrected chi connectivity index (χ1v) is 8.03. The molecule has 0 unspecified atom stereocenters. The maximum absolute atomic E-state index is 12.0. The lowest BCUT2D eigenvalue weighted by molar-refractivity contribution is 0.0696. The van der Waals surface area contributed by atoms with E-state index in [0.717, 1.165) is 17.6 Å². The zero-order valence-electron chi connectivity index (χ0n) is 10.2. The second kappa shape index (κ2) is 5.57. The van der Waals surface area contributed by atoms with Gasteiger partial charge in [0.25, 0.3) is 10.0 Å². The zero-order valence-corrected chi connectivity index (χ0v) is 12.6. The quantitative estimate of drug-likeness (QED) is 0.875. The van der Waals surface area contributed by atoms with Crippen molar-refractivity contribution >= 4 is 38.9 Å². The highest BCUT2D eigenvalue weighted by molar-refractivity contribution is 7.91. The molecule has 0 bridgehead atoms. The van der Waals surface area contributed by atoms with E-state index in [0.29, 0.717) is 9.90 Å². The van der Waals surface area contributed by atoms with Crippen LogP contribution in [0.3, 0.4) is 0 Å². The summed E-state index contributed by atoms with van der Waals surface area (Å²) in [6.45, 7) is 1.58. The number of carboxylic acid groups (broad SMARTS) is 1. The Morgan fingerprint density at radius 3 is 2.70 bits per heavy atom. The van der Waals surface area contributed by atoms with Crippen molar-refractivity contribution in [3.05, 3.63) is 39.6 Å². The van der Waals surface area contributed by atoms with E-state index in [1.54, 1.807) is 6.92 Å². The van der Waals surface area contributed by atoms with Gasteiger partial charge in [0.1, 0.15) is 16.2 Å². The van der Waals surface area contributed by atoms with Gasteiger partial charge in [-0.1, -0.05) is 11.6 Å². The summed E-state index contributed by atoms with van der Waals surface area (Å²) in [5.41, 5.74) is 0.650. The van der Waals surface area contributed by atoms with Gasteiger partial charge in [-0.25, -0.2) is 17.9 Å². The van der Waals surface area contributed by atoms with Gasteiger partial charge in [0.15, 0.2) is 0 Å². The molecule has 20 heavy (non-hydrogen) atoms. The minimum Gasteiger partial charge on any atom is -0.478 e. The number of hydrogen-bond donors (Lipinski definition) is 2. The van der Waals surface area contributed by atoms with Crippen molar-refractivity contribution in [3.8, 4) is 0 Å². The third-order valence-corrected chi connectivity index (χ3v) is 5.87. The molecule has 9 heteroatoms. The fourth-order valence-corrected chi connectivity index (χ4v) is 4.13. The molecule has 0 aliphatic heterocycles. The van der Waals surface area contributed by atoms with Gasteiger partial charge in [0.2, 0.25) is 0 Å². The van der Waals surface area contributed by atoms with Gasteiger partial charge in [0.05, 0.1) is 16.4 Å². The number of halogens is 1. The van der Waals surface area contributed by atoms with Crippen molar-refractivity contribution in [1.82, 2.24) is 4.72 Å². The molecule has 0 radical (unpaired) electrons. The third kappa shape index (κ3) is 3.21. The molecule has 2 rings (SSSR count). The minimum atomic E-state index is -3.69. The van der Waals surface area contributed by atoms with Crippen LogP contribution in [0, 0.1) is 6.92 Å². The molecule has 2 aromatic rings. The molecule has 0 spiro atoms. The summed E-state index contributed by atoms with van der Waals surface area (Å²) in [7, 11) is -3.69. The van der Waals surface area contributed by atoms with Gasteiger partial charge in [-0.2, -0.15) is 0 Å². The number of nitrogens with one attached hydrogen (secondary N) is 1. The van der Waals surface area contributed by atoms with Gasteiger partial charge >= 0.3 is 5.97 Å². The Bertz CT molecular complexity index is 727. The standard InChI is InChI=1S/C11H10ClNO5S2/c1-6-2-9(19-10(6)12)20(16,17)13-4-8-3-7(5-18-8)11(14)15/h2-3,5,13H,4H2,1H3,(H,14,15). The van der Waals surface area contributed by atoms with Crippen LogP contribution in [-0.4, -0.2) is 19.5 Å². The van der Waals surface area contributed by atoms with Gasteiger partial charge in [-0.05, 0) is 24.6 Å². The molecule has 108 valence electrons. The Kier molecular flexibility index (Phi) is 4.19. The van der Waals surface area contributed by atoms with Gasteiger partial charge in [0, 0.05) is 0 Å². The fourth-order valence-electron chi connectivity index (χ4n) is 1.39. The number of furan rings is 1. The summed E-state index contributed by atoms with van der Waals surface area (Å²) in [5, 5.41) is 8.73. The molecule has 2 N–H and O–H groups in total. The third-order valence-electron chi connectivity index (χ3n) is 2.44. The van der Waals surface area contributed by atoms with E-state index in [1.807, 2.05) is 0 Å². The molecule has 0 amide bonds. The maximum Gasteiger partial charge on any atom is 0.338 e. The number of thiophene rings is 1. The van der Waals surface area contributed by atoms with Crippen LogP contribution < -0.4 is 4.72 Å². The Balaban J connectivity index is 2.10. The van der Waals surface area contributed by atoms with Gasteiger partial charge in [-0.15, -0.1) is 11.3 Å². The van der Waals surface area contributed by atoms with Crippen molar-refractivity contribution in [2.75, 3.05) is 0 Å². The highest BCUT2D eigenvalue weighted by atomic mass is 35.5. The first kappa shape index (κ1) is 15.0. The Morgan fingerprint density at radius 1 is 1.50 bits per heavy atom. The van der Waals surface area contributed by atoms with E-state index in [1.165, 1.54) is 12.1 Å². The monoisotopic (exact) mass is 335 g/mol. The van der Waals surface area contributed by atoms with Crippen LogP contribution in [0.5, 0.6) is 0 Å². The van der Waals surface area contributed by atoms with Crippen molar-refractivity contribution in [3.63, 3.8) is 0 Å². The lowest BCUT2D eigenvalue weighted by atomic mass is 10.3. The van der Waals surface area contributed by atoms with E-state index in [2.05, 4.69) is 4.72 Å². The predicted molar refractivity (Wildman–Crippen MR) is 73.8 cm³/mol. The first-order chi connectivity index (χ1) is 9.29. The summed E-state index contributed by atoms with van der Waals surface area (Å²) in [5.74, 6) is -0.922. The number of aromatic carboxylic acids is 1. The van der Waals surface area contributed by atoms with Gasteiger partial charge in [-0.3, -0.25) is 0 Å². The molecule has 0 saturated carbocycles. The number of sulfonamides is 1. The SMILES string of the molecule is Cc1cc(S(=O)(=O)NCc2cc(C(=O)O)co2)sc1Cl. The summed E-state index contributed by atoms with van der Waals surface area (Å²) in [4.78, 5) is 10.7. The Labute approximate surface area is 124 Å². The largest absolute Gasteiger partial charge is 0.478 e. The number of aryl methyl sites for hydroxylation is 1. The van der Waals surface area contributed by atoms with Crippen LogP contribution in [0.15, 0.2) is 27.0 Å². The Morgan fingerprint density at radius 2 is 2.20 bits per heavy atom. The molecule has 0 atom stereocenters. The van der Waals surface area contributed by atoms with E-state index >= 15 is 0 Å². The average Bonchev–Trinajstić information content (AvgIpc) is 2.95. The highest BCUT2D eigenvalue weighted by Gasteiger charge is 2.19. The number of carboxylic acids is 1. The van der Waals surface area contributed by atoms with Crippen molar-refractivity contribution < 1.29 is 22.7 Å². The predicted octanol–water partition coefficient (Wildman–Crippen LogP) is 2.48. The summed E-state index contributed by atoms with van der Waals surface area (Å²) in [6.07, 6.45) is 1.05. The van der Waals surface area contributed by atoms with Crippen molar-refractivity contribution in [2.45, 2.75) is 17.7 Å². The van der Waals surface area contributed by atoms with E-state index < -0.39 is 16.0 Å². The molecule has 0 aromatic carbocycles. The number of carbonyl (C=O) groups is 1. The normalized spacial score (nSPS) is 11.7. The second-order valence-corrected chi connectivity index (χ2v) is 7.60. The lowest BCUT2D eigenvalue weighted by Crippen LogP contribution is -2.22. The van der Waals surface area contributed by atoms with E-state index in [4.69, 9.17) is 21.1 Å². The van der Waals surface area contributed by atoms with Crippen LogP contribution >= 0.6 is 22.9 Å². The molecule has 0 aliphatic carbocycles. The van der Waals surface area contributed by atoms with Crippen molar-refractivity contribution in [2.24, 2.45) is 0 Å². The highest BCUT2D eigenvalue weighted by Crippen LogP contribution is 2.30.